The van der Waals surface area contributed by atoms with Crippen LogP contribution in [0.2, 0.25) is 0 Å². The maximum Gasteiger partial charge on any atom is 0.357 e. The molecule has 0 amide bonds. The molecule has 5 aromatic rings. The summed E-state index contributed by atoms with van der Waals surface area (Å²) < 4.78 is 0. The van der Waals surface area contributed by atoms with Gasteiger partial charge in [-0.2, -0.15) is 0 Å². The van der Waals surface area contributed by atoms with Gasteiger partial charge in [-0.05, 0) is 41.3 Å². The fraction of sp³-hybridized carbons (Fsp3) is 0. The highest BCUT2D eigenvalue weighted by Gasteiger charge is 2.14. The maximum atomic E-state index is 4.44. The third-order valence-electron chi connectivity index (χ3n) is 4.59. The van der Waals surface area contributed by atoms with E-state index in [0.29, 0.717) is 0 Å². The second-order valence-corrected chi connectivity index (χ2v) is 6.39. The minimum atomic E-state index is 0.839. The van der Waals surface area contributed by atoms with E-state index in [4.69, 9.17) is 0 Å². The predicted molar refractivity (Wildman–Crippen MR) is 113 cm³/mol. The Morgan fingerprint density at radius 1 is 0.857 bits per heavy atom. The SMILES string of the molecule is C(#[N+]Nc1cc(-c2ccccc2)[nH]c2ccc3ncnc3c12)c1ccccc1. The predicted octanol–water partition coefficient (Wildman–Crippen LogP) is 5.49. The van der Waals surface area contributed by atoms with Gasteiger partial charge in [0.1, 0.15) is 23.1 Å². The number of nitrogens with one attached hydrogen (secondary N) is 2. The molecule has 5 heteroatoms. The van der Waals surface area contributed by atoms with Crippen molar-refractivity contribution in [2.45, 2.75) is 0 Å². The Morgan fingerprint density at radius 3 is 2.46 bits per heavy atom. The highest BCUT2D eigenvalue weighted by molar-refractivity contribution is 6.10. The molecule has 0 spiro atoms. The fourth-order valence-corrected chi connectivity index (χ4v) is 3.27. The minimum absolute atomic E-state index is 0.839. The molecule has 2 N–H and O–H groups in total. The van der Waals surface area contributed by atoms with E-state index >= 15 is 0 Å². The highest BCUT2D eigenvalue weighted by atomic mass is 15.3. The lowest BCUT2D eigenvalue weighted by Crippen LogP contribution is -1.93. The van der Waals surface area contributed by atoms with Gasteiger partial charge in [-0.25, -0.2) is 9.97 Å². The van der Waals surface area contributed by atoms with Gasteiger partial charge in [-0.15, -0.1) is 0 Å². The summed E-state index contributed by atoms with van der Waals surface area (Å²) in [5.74, 6) is 0. The summed E-state index contributed by atoms with van der Waals surface area (Å²) >= 11 is 0. The standard InChI is InChI=1S/C23H16N5/c1-3-7-16(8-4-1)14-26-28-21-13-20(17-9-5-2-6-10-17)27-18-11-12-19-23(22(18)21)25-15-24-19/h1-13,15,27-28H/q+1. The van der Waals surface area contributed by atoms with Crippen molar-refractivity contribution in [2.75, 3.05) is 5.43 Å². The van der Waals surface area contributed by atoms with Crippen LogP contribution in [0.15, 0.2) is 85.2 Å². The number of aromatic nitrogens is 3. The fourth-order valence-electron chi connectivity index (χ4n) is 3.27. The third kappa shape index (κ3) is 2.93. The van der Waals surface area contributed by atoms with Crippen molar-refractivity contribution in [2.24, 2.45) is 0 Å². The molecular formula is C23H16N5+. The lowest BCUT2D eigenvalue weighted by atomic mass is 10.1. The van der Waals surface area contributed by atoms with Crippen LogP contribution in [0.25, 0.3) is 38.1 Å². The average molecular weight is 362 g/mol. The van der Waals surface area contributed by atoms with E-state index in [1.165, 1.54) is 0 Å². The Bertz CT molecular complexity index is 1330. The van der Waals surface area contributed by atoms with Gasteiger partial charge in [0.05, 0.1) is 21.4 Å². The van der Waals surface area contributed by atoms with Crippen LogP contribution >= 0.6 is 0 Å². The number of pyridine rings is 1. The molecule has 0 bridgehead atoms. The van der Waals surface area contributed by atoms with Gasteiger partial charge in [0, 0.05) is 5.69 Å². The van der Waals surface area contributed by atoms with E-state index in [-0.39, 0.29) is 0 Å². The summed E-state index contributed by atoms with van der Waals surface area (Å²) in [5.41, 5.74) is 9.65. The first-order valence-corrected chi connectivity index (χ1v) is 8.97. The summed E-state index contributed by atoms with van der Waals surface area (Å²) in [6.45, 7) is 0. The number of fused-ring (bicyclic) bond motifs is 3. The molecule has 0 saturated heterocycles. The molecule has 0 fully saturated rings. The van der Waals surface area contributed by atoms with Crippen LogP contribution in [-0.4, -0.2) is 15.0 Å². The molecule has 3 aromatic carbocycles. The lowest BCUT2D eigenvalue weighted by Gasteiger charge is -2.08. The molecule has 0 aliphatic heterocycles. The van der Waals surface area contributed by atoms with E-state index in [9.17, 15) is 0 Å². The molecule has 0 atom stereocenters. The molecule has 5 rings (SSSR count). The topological polar surface area (TPSA) is 58.0 Å². The number of anilines is 1. The van der Waals surface area contributed by atoms with Crippen molar-refractivity contribution in [3.63, 3.8) is 0 Å². The van der Waals surface area contributed by atoms with Gasteiger partial charge >= 0.3 is 6.07 Å². The van der Waals surface area contributed by atoms with E-state index in [1.807, 2.05) is 66.7 Å². The Morgan fingerprint density at radius 2 is 1.64 bits per heavy atom. The Balaban J connectivity index is 1.68. The van der Waals surface area contributed by atoms with Crippen molar-refractivity contribution in [1.82, 2.24) is 15.0 Å². The van der Waals surface area contributed by atoms with Crippen LogP contribution in [0.3, 0.4) is 0 Å². The van der Waals surface area contributed by atoms with Gasteiger partial charge in [0.25, 0.3) is 0 Å². The van der Waals surface area contributed by atoms with E-state index in [0.717, 1.165) is 44.4 Å². The molecule has 0 aliphatic rings. The molecule has 2 heterocycles. The lowest BCUT2D eigenvalue weighted by molar-refractivity contribution is 1.35. The molecule has 0 radical (unpaired) electrons. The van der Waals surface area contributed by atoms with Crippen LogP contribution in [0.4, 0.5) is 5.69 Å². The third-order valence-corrected chi connectivity index (χ3v) is 4.59. The van der Waals surface area contributed by atoms with Crippen molar-refractivity contribution in [1.29, 1.82) is 0 Å². The number of H-pyrrole nitrogens is 1. The number of imidazole rings is 1. The quantitative estimate of drug-likeness (QED) is 0.409. The highest BCUT2D eigenvalue weighted by Crippen LogP contribution is 2.32. The average Bonchev–Trinajstić information content (AvgIpc) is 3.24. The number of hydrogen-bond acceptors (Lipinski definition) is 3. The summed E-state index contributed by atoms with van der Waals surface area (Å²) in [6, 6.07) is 29.1. The van der Waals surface area contributed by atoms with Gasteiger partial charge in [0.15, 0.2) is 0 Å². The molecule has 0 unspecified atom stereocenters. The Hall–Kier alpha value is -4.17. The van der Waals surface area contributed by atoms with Crippen molar-refractivity contribution >= 4 is 27.6 Å². The van der Waals surface area contributed by atoms with Crippen LogP contribution < -0.4 is 5.43 Å². The van der Waals surface area contributed by atoms with E-state index in [2.05, 4.69) is 43.5 Å². The summed E-state index contributed by atoms with van der Waals surface area (Å²) in [4.78, 5) is 16.6. The molecule has 0 saturated carbocycles. The molecular weight excluding hydrogens is 346 g/mol. The van der Waals surface area contributed by atoms with E-state index in [1.54, 1.807) is 6.33 Å². The molecule has 28 heavy (non-hydrogen) atoms. The zero-order chi connectivity index (χ0) is 18.8. The van der Waals surface area contributed by atoms with Crippen molar-refractivity contribution in [3.8, 4) is 17.3 Å². The number of rotatable bonds is 2. The Kier molecular flexibility index (Phi) is 3.93. The first-order valence-electron chi connectivity index (χ1n) is 8.97. The van der Waals surface area contributed by atoms with Crippen molar-refractivity contribution < 1.29 is 0 Å². The smallest absolute Gasteiger partial charge is 0.354 e. The van der Waals surface area contributed by atoms with Crippen LogP contribution in [0, 0.1) is 6.07 Å². The van der Waals surface area contributed by atoms with Crippen LogP contribution in [-0.2, 0) is 0 Å². The summed E-state index contributed by atoms with van der Waals surface area (Å²) in [6.07, 6.45) is 1.58. The first-order chi connectivity index (χ1) is 13.9. The second-order valence-electron chi connectivity index (χ2n) is 6.39. The normalized spacial score (nSPS) is 10.6. The Labute approximate surface area is 161 Å². The molecule has 0 aliphatic carbocycles. The van der Waals surface area contributed by atoms with Crippen LogP contribution in [0.5, 0.6) is 0 Å². The monoisotopic (exact) mass is 362 g/mol. The van der Waals surface area contributed by atoms with Gasteiger partial charge in [0.2, 0.25) is 0 Å². The van der Waals surface area contributed by atoms with Gasteiger partial charge in [-0.3, -0.25) is 0 Å². The summed E-state index contributed by atoms with van der Waals surface area (Å²) in [5, 5.41) is 0.952. The van der Waals surface area contributed by atoms with Gasteiger partial charge in [-0.1, -0.05) is 48.5 Å². The number of nitrogens with zero attached hydrogens (tertiary/aromatic N) is 3. The molecule has 132 valence electrons. The van der Waals surface area contributed by atoms with E-state index < -0.39 is 0 Å². The van der Waals surface area contributed by atoms with Gasteiger partial charge < -0.3 is 4.98 Å². The van der Waals surface area contributed by atoms with Crippen LogP contribution in [0.1, 0.15) is 5.56 Å². The summed E-state index contributed by atoms with van der Waals surface area (Å²) in [7, 11) is 0. The molecule has 2 aromatic heterocycles. The number of benzene rings is 3. The number of aromatic amines is 1. The zero-order valence-corrected chi connectivity index (χ0v) is 14.9. The van der Waals surface area contributed by atoms with Crippen molar-refractivity contribution in [3.05, 3.63) is 95.7 Å². The maximum absolute atomic E-state index is 4.44. The largest absolute Gasteiger partial charge is 0.357 e. The number of hydrogen-bond donors (Lipinski definition) is 2. The first kappa shape index (κ1) is 16.0. The molecule has 5 nitrogen and oxygen atoms in total. The minimum Gasteiger partial charge on any atom is -0.354 e. The zero-order valence-electron chi connectivity index (χ0n) is 14.9. The second kappa shape index (κ2) is 6.86.